The van der Waals surface area contributed by atoms with Crippen LogP contribution in [0.2, 0.25) is 0 Å². The van der Waals surface area contributed by atoms with Gasteiger partial charge in [0.25, 0.3) is 0 Å². The van der Waals surface area contributed by atoms with Gasteiger partial charge in [-0.2, -0.15) is 13.2 Å². The van der Waals surface area contributed by atoms with Crippen LogP contribution in [0.1, 0.15) is 32.6 Å². The van der Waals surface area contributed by atoms with E-state index in [-0.39, 0.29) is 37.4 Å². The van der Waals surface area contributed by atoms with Gasteiger partial charge in [0.15, 0.2) is 0 Å². The monoisotopic (exact) mass is 318 g/mol. The van der Waals surface area contributed by atoms with Gasteiger partial charge in [-0.05, 0) is 19.8 Å². The molecule has 120 valence electrons. The molecule has 0 aromatic rings. The number of nitrogens with two attached hydrogens (primary N) is 1. The van der Waals surface area contributed by atoms with Crippen molar-refractivity contribution in [3.05, 3.63) is 0 Å². The second-order valence-electron chi connectivity index (χ2n) is 5.26. The number of carbonyl (C=O) groups excluding carboxylic acids is 1. The average Bonchev–Trinajstić information content (AvgIpc) is 2.26. The first-order valence-electron chi connectivity index (χ1n) is 6.43. The Morgan fingerprint density at radius 2 is 2.10 bits per heavy atom. The first-order chi connectivity index (χ1) is 8.72. The number of amides is 1. The number of halogens is 4. The molecule has 1 amide bonds. The van der Waals surface area contributed by atoms with Crippen LogP contribution in [-0.4, -0.2) is 37.4 Å². The highest BCUT2D eigenvalue weighted by Gasteiger charge is 2.37. The Morgan fingerprint density at radius 3 is 2.65 bits per heavy atom. The number of carbonyl (C=O) groups is 1. The molecule has 1 rings (SSSR count). The minimum absolute atomic E-state index is 0. The van der Waals surface area contributed by atoms with E-state index in [9.17, 15) is 18.0 Å². The Labute approximate surface area is 123 Å². The molecule has 0 bridgehead atoms. The molecule has 2 unspecified atom stereocenters. The van der Waals surface area contributed by atoms with Gasteiger partial charge in [0.2, 0.25) is 5.91 Å². The molecule has 1 aliphatic rings. The van der Waals surface area contributed by atoms with Crippen molar-refractivity contribution in [3.8, 4) is 0 Å². The van der Waals surface area contributed by atoms with Crippen LogP contribution in [0.15, 0.2) is 0 Å². The lowest BCUT2D eigenvalue weighted by Gasteiger charge is -2.37. The van der Waals surface area contributed by atoms with Crippen molar-refractivity contribution in [3.63, 3.8) is 0 Å². The SMILES string of the molecule is CC1(N)CCCCC1C(=O)NCCOCC(F)(F)F.Cl. The highest BCUT2D eigenvalue weighted by molar-refractivity contribution is 5.85. The van der Waals surface area contributed by atoms with E-state index in [1.807, 2.05) is 6.92 Å². The molecule has 1 aliphatic carbocycles. The summed E-state index contributed by atoms with van der Waals surface area (Å²) < 4.78 is 39.8. The first-order valence-corrected chi connectivity index (χ1v) is 6.43. The third kappa shape index (κ3) is 6.76. The summed E-state index contributed by atoms with van der Waals surface area (Å²) in [6.45, 7) is 0.470. The topological polar surface area (TPSA) is 64.4 Å². The van der Waals surface area contributed by atoms with E-state index in [0.717, 1.165) is 25.7 Å². The van der Waals surface area contributed by atoms with Crippen LogP contribution >= 0.6 is 12.4 Å². The van der Waals surface area contributed by atoms with Crippen molar-refractivity contribution < 1.29 is 22.7 Å². The molecule has 1 fully saturated rings. The van der Waals surface area contributed by atoms with Crippen LogP contribution in [0.25, 0.3) is 0 Å². The molecule has 0 aliphatic heterocycles. The summed E-state index contributed by atoms with van der Waals surface area (Å²) in [5, 5.41) is 2.58. The number of hydrogen-bond donors (Lipinski definition) is 2. The van der Waals surface area contributed by atoms with Crippen molar-refractivity contribution in [1.82, 2.24) is 5.32 Å². The summed E-state index contributed by atoms with van der Waals surface area (Å²) in [5.74, 6) is -0.468. The molecule has 0 saturated heterocycles. The largest absolute Gasteiger partial charge is 0.411 e. The van der Waals surface area contributed by atoms with Crippen molar-refractivity contribution >= 4 is 18.3 Å². The van der Waals surface area contributed by atoms with Crippen LogP contribution in [0.4, 0.5) is 13.2 Å². The lowest BCUT2D eigenvalue weighted by atomic mass is 9.74. The minimum atomic E-state index is -4.33. The van der Waals surface area contributed by atoms with Gasteiger partial charge in [-0.3, -0.25) is 4.79 Å². The summed E-state index contributed by atoms with van der Waals surface area (Å²) in [6.07, 6.45) is -0.859. The van der Waals surface area contributed by atoms with Crippen LogP contribution in [-0.2, 0) is 9.53 Å². The van der Waals surface area contributed by atoms with Crippen LogP contribution in [0.5, 0.6) is 0 Å². The van der Waals surface area contributed by atoms with Gasteiger partial charge in [0.1, 0.15) is 6.61 Å². The Balaban J connectivity index is 0.00000361. The van der Waals surface area contributed by atoms with Crippen molar-refractivity contribution in [2.75, 3.05) is 19.8 Å². The Morgan fingerprint density at radius 1 is 1.45 bits per heavy atom. The normalized spacial score (nSPS) is 26.8. The number of hydrogen-bond acceptors (Lipinski definition) is 3. The zero-order chi connectivity index (χ0) is 14.5. The van der Waals surface area contributed by atoms with E-state index in [4.69, 9.17) is 5.73 Å². The number of alkyl halides is 3. The van der Waals surface area contributed by atoms with E-state index in [1.165, 1.54) is 0 Å². The van der Waals surface area contributed by atoms with Crippen LogP contribution < -0.4 is 11.1 Å². The summed E-state index contributed by atoms with van der Waals surface area (Å²) in [5.41, 5.74) is 5.54. The fourth-order valence-electron chi connectivity index (χ4n) is 2.35. The third-order valence-electron chi connectivity index (χ3n) is 3.38. The third-order valence-corrected chi connectivity index (χ3v) is 3.38. The van der Waals surface area contributed by atoms with E-state index >= 15 is 0 Å². The van der Waals surface area contributed by atoms with Crippen molar-refractivity contribution in [1.29, 1.82) is 0 Å². The van der Waals surface area contributed by atoms with Crippen molar-refractivity contribution in [2.24, 2.45) is 11.7 Å². The van der Waals surface area contributed by atoms with Gasteiger partial charge in [-0.15, -0.1) is 12.4 Å². The molecule has 4 nitrogen and oxygen atoms in total. The van der Waals surface area contributed by atoms with Gasteiger partial charge in [0, 0.05) is 12.1 Å². The van der Waals surface area contributed by atoms with Crippen LogP contribution in [0.3, 0.4) is 0 Å². The maximum absolute atomic E-state index is 11.9. The zero-order valence-corrected chi connectivity index (χ0v) is 12.3. The summed E-state index contributed by atoms with van der Waals surface area (Å²) in [4.78, 5) is 11.9. The number of rotatable bonds is 5. The molecule has 3 N–H and O–H groups in total. The number of nitrogens with one attached hydrogen (secondary N) is 1. The minimum Gasteiger partial charge on any atom is -0.370 e. The molecule has 2 atom stereocenters. The lowest BCUT2D eigenvalue weighted by Crippen LogP contribution is -2.53. The second kappa shape index (κ2) is 8.05. The predicted molar refractivity (Wildman–Crippen MR) is 71.7 cm³/mol. The maximum Gasteiger partial charge on any atom is 0.411 e. The maximum atomic E-state index is 11.9. The molecule has 0 spiro atoms. The fraction of sp³-hybridized carbons (Fsp3) is 0.917. The second-order valence-corrected chi connectivity index (χ2v) is 5.26. The first kappa shape index (κ1) is 19.5. The van der Waals surface area contributed by atoms with Gasteiger partial charge in [0.05, 0.1) is 12.5 Å². The van der Waals surface area contributed by atoms with E-state index in [2.05, 4.69) is 10.1 Å². The van der Waals surface area contributed by atoms with Gasteiger partial charge in [-0.1, -0.05) is 12.8 Å². The Kier molecular flexibility index (Phi) is 7.83. The molecule has 20 heavy (non-hydrogen) atoms. The molecular formula is C12H22ClF3N2O2. The smallest absolute Gasteiger partial charge is 0.370 e. The van der Waals surface area contributed by atoms with E-state index in [1.54, 1.807) is 0 Å². The summed E-state index contributed by atoms with van der Waals surface area (Å²) in [6, 6.07) is 0. The Bertz CT molecular complexity index is 312. The summed E-state index contributed by atoms with van der Waals surface area (Å²) in [7, 11) is 0. The predicted octanol–water partition coefficient (Wildman–Crippen LogP) is 2.01. The standard InChI is InChI=1S/C12H21F3N2O2.ClH/c1-11(16)5-3-2-4-9(11)10(18)17-6-7-19-8-12(13,14)15;/h9H,2-8,16H2,1H3,(H,17,18);1H. The lowest BCUT2D eigenvalue weighted by molar-refractivity contribution is -0.173. The van der Waals surface area contributed by atoms with Crippen molar-refractivity contribution in [2.45, 2.75) is 44.3 Å². The molecule has 0 aromatic heterocycles. The highest BCUT2D eigenvalue weighted by atomic mass is 35.5. The van der Waals surface area contributed by atoms with E-state index in [0.29, 0.717) is 0 Å². The molecule has 0 radical (unpaired) electrons. The molecule has 0 aromatic carbocycles. The highest BCUT2D eigenvalue weighted by Crippen LogP contribution is 2.31. The van der Waals surface area contributed by atoms with Gasteiger partial charge < -0.3 is 15.8 Å². The van der Waals surface area contributed by atoms with Crippen LogP contribution in [0, 0.1) is 5.92 Å². The quantitative estimate of drug-likeness (QED) is 0.762. The molecule has 1 saturated carbocycles. The average molecular weight is 319 g/mol. The summed E-state index contributed by atoms with van der Waals surface area (Å²) >= 11 is 0. The molecule has 0 heterocycles. The zero-order valence-electron chi connectivity index (χ0n) is 11.5. The Hall–Kier alpha value is -0.530. The molecular weight excluding hydrogens is 297 g/mol. The van der Waals surface area contributed by atoms with Gasteiger partial charge >= 0.3 is 6.18 Å². The van der Waals surface area contributed by atoms with Gasteiger partial charge in [-0.25, -0.2) is 0 Å². The number of ether oxygens (including phenoxy) is 1. The fourth-order valence-corrected chi connectivity index (χ4v) is 2.35. The molecule has 8 heteroatoms. The van der Waals surface area contributed by atoms with E-state index < -0.39 is 18.3 Å².